The Morgan fingerprint density at radius 1 is 1.38 bits per heavy atom. The SMILES string of the molecule is O=C(O)c1ccc(Sc2ncc(I)cn2)o1. The molecular weight excluding hydrogens is 343 g/mol. The molecule has 0 aliphatic heterocycles. The number of furan rings is 1. The van der Waals surface area contributed by atoms with Gasteiger partial charge < -0.3 is 9.52 Å². The lowest BCUT2D eigenvalue weighted by Gasteiger charge is -1.95. The molecule has 2 aromatic rings. The fourth-order valence-corrected chi connectivity index (χ4v) is 1.87. The van der Waals surface area contributed by atoms with Crippen molar-refractivity contribution in [2.24, 2.45) is 0 Å². The molecule has 16 heavy (non-hydrogen) atoms. The van der Waals surface area contributed by atoms with Gasteiger partial charge >= 0.3 is 5.97 Å². The first-order chi connectivity index (χ1) is 7.65. The summed E-state index contributed by atoms with van der Waals surface area (Å²) in [6.45, 7) is 0. The van der Waals surface area contributed by atoms with Crippen LogP contribution in [-0.2, 0) is 0 Å². The summed E-state index contributed by atoms with van der Waals surface area (Å²) in [6.07, 6.45) is 3.36. The second-order valence-electron chi connectivity index (χ2n) is 2.71. The van der Waals surface area contributed by atoms with Crippen molar-refractivity contribution >= 4 is 40.3 Å². The molecule has 0 radical (unpaired) electrons. The Bertz CT molecular complexity index is 512. The Labute approximate surface area is 108 Å². The number of hydrogen-bond donors (Lipinski definition) is 1. The van der Waals surface area contributed by atoms with Crippen molar-refractivity contribution in [3.8, 4) is 0 Å². The minimum Gasteiger partial charge on any atom is -0.475 e. The molecule has 0 aromatic carbocycles. The first-order valence-electron chi connectivity index (χ1n) is 4.13. The van der Waals surface area contributed by atoms with Crippen LogP contribution in [0.25, 0.3) is 0 Å². The number of nitrogens with zero attached hydrogens (tertiary/aromatic N) is 2. The van der Waals surface area contributed by atoms with Crippen LogP contribution >= 0.6 is 34.4 Å². The van der Waals surface area contributed by atoms with Gasteiger partial charge in [-0.25, -0.2) is 14.8 Å². The highest BCUT2D eigenvalue weighted by atomic mass is 127. The predicted molar refractivity (Wildman–Crippen MR) is 64.5 cm³/mol. The van der Waals surface area contributed by atoms with Crippen LogP contribution in [0.1, 0.15) is 10.6 Å². The highest BCUT2D eigenvalue weighted by molar-refractivity contribution is 14.1. The monoisotopic (exact) mass is 348 g/mol. The average Bonchev–Trinajstić information content (AvgIpc) is 2.70. The standard InChI is InChI=1S/C9H5IN2O3S/c10-5-3-11-9(12-4-5)16-7-2-1-6(15-7)8(13)14/h1-4H,(H,13,14). The number of carbonyl (C=O) groups is 1. The largest absolute Gasteiger partial charge is 0.475 e. The highest BCUT2D eigenvalue weighted by Crippen LogP contribution is 2.26. The van der Waals surface area contributed by atoms with Crippen molar-refractivity contribution in [1.82, 2.24) is 9.97 Å². The first-order valence-corrected chi connectivity index (χ1v) is 6.03. The molecule has 7 heteroatoms. The fourth-order valence-electron chi connectivity index (χ4n) is 0.933. The van der Waals surface area contributed by atoms with E-state index < -0.39 is 5.97 Å². The Morgan fingerprint density at radius 3 is 2.62 bits per heavy atom. The normalized spacial score (nSPS) is 10.3. The van der Waals surface area contributed by atoms with Gasteiger partial charge in [0.15, 0.2) is 10.2 Å². The van der Waals surface area contributed by atoms with Crippen molar-refractivity contribution in [3.63, 3.8) is 0 Å². The van der Waals surface area contributed by atoms with Crippen molar-refractivity contribution < 1.29 is 14.3 Å². The Kier molecular flexibility index (Phi) is 3.44. The van der Waals surface area contributed by atoms with E-state index >= 15 is 0 Å². The molecule has 2 rings (SSSR count). The van der Waals surface area contributed by atoms with Crippen molar-refractivity contribution in [2.45, 2.75) is 10.2 Å². The molecule has 0 aliphatic carbocycles. The maximum atomic E-state index is 10.6. The highest BCUT2D eigenvalue weighted by Gasteiger charge is 2.10. The summed E-state index contributed by atoms with van der Waals surface area (Å²) in [4.78, 5) is 18.7. The van der Waals surface area contributed by atoms with Gasteiger partial charge in [0, 0.05) is 16.0 Å². The lowest BCUT2D eigenvalue weighted by Crippen LogP contribution is -1.91. The molecule has 0 amide bonds. The smallest absolute Gasteiger partial charge is 0.371 e. The molecule has 1 N–H and O–H groups in total. The van der Waals surface area contributed by atoms with E-state index in [0.29, 0.717) is 10.2 Å². The summed E-state index contributed by atoms with van der Waals surface area (Å²) in [6, 6.07) is 2.98. The number of aromatic nitrogens is 2. The van der Waals surface area contributed by atoms with Crippen LogP contribution in [0.3, 0.4) is 0 Å². The fraction of sp³-hybridized carbons (Fsp3) is 0. The van der Waals surface area contributed by atoms with Crippen LogP contribution in [0.15, 0.2) is 39.2 Å². The summed E-state index contributed by atoms with van der Waals surface area (Å²) in [5, 5.41) is 9.64. The van der Waals surface area contributed by atoms with Gasteiger partial charge in [0.05, 0.1) is 0 Å². The number of rotatable bonds is 3. The summed E-state index contributed by atoms with van der Waals surface area (Å²) in [5.41, 5.74) is 0. The molecule has 2 aromatic heterocycles. The van der Waals surface area contributed by atoms with Gasteiger partial charge in [-0.2, -0.15) is 0 Å². The van der Waals surface area contributed by atoms with Gasteiger partial charge in [0.1, 0.15) is 0 Å². The first kappa shape index (κ1) is 11.4. The van der Waals surface area contributed by atoms with Gasteiger partial charge in [0.2, 0.25) is 5.76 Å². The maximum absolute atomic E-state index is 10.6. The van der Waals surface area contributed by atoms with Crippen molar-refractivity contribution in [2.75, 3.05) is 0 Å². The van der Waals surface area contributed by atoms with Gasteiger partial charge in [0.25, 0.3) is 0 Å². The number of carboxylic acids is 1. The van der Waals surface area contributed by atoms with Crippen LogP contribution < -0.4 is 0 Å². The van der Waals surface area contributed by atoms with Gasteiger partial charge in [-0.1, -0.05) is 0 Å². The Morgan fingerprint density at radius 2 is 2.06 bits per heavy atom. The third-order valence-corrected chi connectivity index (χ3v) is 2.95. The lowest BCUT2D eigenvalue weighted by molar-refractivity contribution is 0.0656. The summed E-state index contributed by atoms with van der Waals surface area (Å²) >= 11 is 3.28. The van der Waals surface area contributed by atoms with Gasteiger partial charge in [-0.15, -0.1) is 0 Å². The molecule has 0 unspecified atom stereocenters. The summed E-state index contributed by atoms with van der Waals surface area (Å²) in [5.74, 6) is -1.18. The number of aromatic carboxylic acids is 1. The van der Waals surface area contributed by atoms with E-state index in [4.69, 9.17) is 9.52 Å². The molecule has 0 bridgehead atoms. The lowest BCUT2D eigenvalue weighted by atomic mass is 10.5. The van der Waals surface area contributed by atoms with Gasteiger partial charge in [-0.05, 0) is 46.5 Å². The average molecular weight is 348 g/mol. The van der Waals surface area contributed by atoms with Crippen molar-refractivity contribution in [3.05, 3.63) is 33.9 Å². The zero-order valence-corrected chi connectivity index (χ0v) is 10.7. The quantitative estimate of drug-likeness (QED) is 0.679. The zero-order chi connectivity index (χ0) is 11.5. The second-order valence-corrected chi connectivity index (χ2v) is 4.93. The molecule has 0 spiro atoms. The topological polar surface area (TPSA) is 76.2 Å². The molecule has 0 atom stereocenters. The van der Waals surface area contributed by atoms with Crippen LogP contribution in [-0.4, -0.2) is 21.0 Å². The molecule has 2 heterocycles. The maximum Gasteiger partial charge on any atom is 0.371 e. The summed E-state index contributed by atoms with van der Waals surface area (Å²) in [7, 11) is 0. The van der Waals surface area contributed by atoms with E-state index in [2.05, 4.69) is 32.6 Å². The van der Waals surface area contributed by atoms with E-state index in [9.17, 15) is 4.79 Å². The van der Waals surface area contributed by atoms with Crippen molar-refractivity contribution in [1.29, 1.82) is 0 Å². The van der Waals surface area contributed by atoms with Crippen LogP contribution in [0, 0.1) is 3.57 Å². The van der Waals surface area contributed by atoms with Crippen LogP contribution in [0.5, 0.6) is 0 Å². The van der Waals surface area contributed by atoms with E-state index in [1.807, 2.05) is 0 Å². The molecule has 0 aliphatic rings. The second kappa shape index (κ2) is 4.83. The minimum atomic E-state index is -1.09. The van der Waals surface area contributed by atoms with Crippen LogP contribution in [0.2, 0.25) is 0 Å². The Hall–Kier alpha value is -1.09. The molecule has 82 valence electrons. The third-order valence-electron chi connectivity index (χ3n) is 1.58. The molecular formula is C9H5IN2O3S. The third kappa shape index (κ3) is 2.73. The molecule has 0 fully saturated rings. The zero-order valence-electron chi connectivity index (χ0n) is 7.75. The van der Waals surface area contributed by atoms with Crippen LogP contribution in [0.4, 0.5) is 0 Å². The number of hydrogen-bond acceptors (Lipinski definition) is 5. The predicted octanol–water partition coefficient (Wildman–Crippen LogP) is 2.52. The van der Waals surface area contributed by atoms with E-state index in [1.54, 1.807) is 18.5 Å². The number of halogens is 1. The van der Waals surface area contributed by atoms with E-state index in [1.165, 1.54) is 17.8 Å². The van der Waals surface area contributed by atoms with E-state index in [0.717, 1.165) is 3.57 Å². The Balaban J connectivity index is 2.14. The molecule has 5 nitrogen and oxygen atoms in total. The number of carboxylic acid groups (broad SMARTS) is 1. The van der Waals surface area contributed by atoms with Gasteiger partial charge in [-0.3, -0.25) is 0 Å². The molecule has 0 saturated heterocycles. The molecule has 0 saturated carbocycles. The minimum absolute atomic E-state index is 0.0898. The summed E-state index contributed by atoms with van der Waals surface area (Å²) < 4.78 is 6.00. The van der Waals surface area contributed by atoms with E-state index in [-0.39, 0.29) is 5.76 Å².